The number of carbonyl (C=O) groups is 1. The Balaban J connectivity index is 1.71. The van der Waals surface area contributed by atoms with Crippen LogP contribution in [0.4, 0.5) is 9.93 Å². The molecule has 0 saturated carbocycles. The van der Waals surface area contributed by atoms with Gasteiger partial charge in [-0.05, 0) is 29.0 Å². The highest BCUT2D eigenvalue weighted by Crippen LogP contribution is 2.31. The average molecular weight is 331 g/mol. The second-order valence-electron chi connectivity index (χ2n) is 5.25. The van der Waals surface area contributed by atoms with Crippen molar-refractivity contribution >= 4 is 44.1 Å². The van der Waals surface area contributed by atoms with Crippen molar-refractivity contribution in [2.45, 2.75) is 26.3 Å². The molecule has 0 aliphatic carbocycles. The van der Waals surface area contributed by atoms with Gasteiger partial charge in [0.1, 0.15) is 0 Å². The highest BCUT2D eigenvalue weighted by Gasteiger charge is 2.12. The molecule has 0 aliphatic heterocycles. The van der Waals surface area contributed by atoms with Gasteiger partial charge >= 0.3 is 6.03 Å². The van der Waals surface area contributed by atoms with Crippen molar-refractivity contribution in [1.82, 2.24) is 10.3 Å². The Labute approximate surface area is 137 Å². The van der Waals surface area contributed by atoms with Gasteiger partial charge in [-0.2, -0.15) is 0 Å². The van der Waals surface area contributed by atoms with E-state index in [-0.39, 0.29) is 6.03 Å². The highest BCUT2D eigenvalue weighted by atomic mass is 32.1. The van der Waals surface area contributed by atoms with Crippen molar-refractivity contribution in [3.8, 4) is 0 Å². The highest BCUT2D eigenvalue weighted by molar-refractivity contribution is 7.22. The van der Waals surface area contributed by atoms with E-state index in [9.17, 15) is 4.79 Å². The zero-order valence-corrected chi connectivity index (χ0v) is 14.1. The number of amides is 2. The Morgan fingerprint density at radius 2 is 2.14 bits per heavy atom. The van der Waals surface area contributed by atoms with Gasteiger partial charge in [0, 0.05) is 4.88 Å². The summed E-state index contributed by atoms with van der Waals surface area (Å²) in [6.07, 6.45) is 0. The summed E-state index contributed by atoms with van der Waals surface area (Å²) in [7, 11) is 0. The predicted molar refractivity (Wildman–Crippen MR) is 93.9 cm³/mol. The van der Waals surface area contributed by atoms with E-state index < -0.39 is 0 Å². The number of hydrogen-bond donors (Lipinski definition) is 2. The molecule has 0 spiro atoms. The van der Waals surface area contributed by atoms with Crippen LogP contribution in [0, 0.1) is 0 Å². The molecule has 2 amide bonds. The first-order valence-electron chi connectivity index (χ1n) is 7.10. The van der Waals surface area contributed by atoms with Gasteiger partial charge in [-0.25, -0.2) is 9.78 Å². The van der Waals surface area contributed by atoms with Crippen LogP contribution in [0.25, 0.3) is 10.2 Å². The molecule has 4 nitrogen and oxygen atoms in total. The van der Waals surface area contributed by atoms with E-state index >= 15 is 0 Å². The molecule has 3 rings (SSSR count). The lowest BCUT2D eigenvalue weighted by Crippen LogP contribution is -2.27. The summed E-state index contributed by atoms with van der Waals surface area (Å²) >= 11 is 3.12. The standard InChI is InChI=1S/C16H17N3OS2/c1-10(2)12-6-3-7-13-14(12)18-16(22-13)19-15(20)17-9-11-5-4-8-21-11/h3-8,10H,9H2,1-2H3,(H2,17,18,19,20). The summed E-state index contributed by atoms with van der Waals surface area (Å²) in [4.78, 5) is 17.6. The Kier molecular flexibility index (Phi) is 4.40. The minimum Gasteiger partial charge on any atom is -0.333 e. The van der Waals surface area contributed by atoms with E-state index in [1.165, 1.54) is 16.9 Å². The normalized spacial score (nSPS) is 11.0. The maximum absolute atomic E-state index is 12.0. The Hall–Kier alpha value is -1.92. The van der Waals surface area contributed by atoms with Crippen molar-refractivity contribution in [3.05, 3.63) is 46.2 Å². The first kappa shape index (κ1) is 15.0. The van der Waals surface area contributed by atoms with Crippen LogP contribution in [0.3, 0.4) is 0 Å². The summed E-state index contributed by atoms with van der Waals surface area (Å²) in [5, 5.41) is 8.29. The number of fused-ring (bicyclic) bond motifs is 1. The first-order chi connectivity index (χ1) is 10.6. The van der Waals surface area contributed by atoms with E-state index in [0.29, 0.717) is 17.6 Å². The molecular weight excluding hydrogens is 314 g/mol. The van der Waals surface area contributed by atoms with E-state index in [4.69, 9.17) is 0 Å². The van der Waals surface area contributed by atoms with E-state index in [1.54, 1.807) is 11.3 Å². The molecular formula is C16H17N3OS2. The molecule has 0 aliphatic rings. The van der Waals surface area contributed by atoms with E-state index in [0.717, 1.165) is 15.1 Å². The summed E-state index contributed by atoms with van der Waals surface area (Å²) < 4.78 is 1.10. The lowest BCUT2D eigenvalue weighted by Gasteiger charge is -2.05. The lowest BCUT2D eigenvalue weighted by atomic mass is 10.0. The van der Waals surface area contributed by atoms with E-state index in [1.807, 2.05) is 29.6 Å². The molecule has 114 valence electrons. The van der Waals surface area contributed by atoms with Crippen molar-refractivity contribution in [3.63, 3.8) is 0 Å². The summed E-state index contributed by atoms with van der Waals surface area (Å²) in [6.45, 7) is 4.83. The van der Waals surface area contributed by atoms with Crippen LogP contribution in [0.1, 0.15) is 30.2 Å². The predicted octanol–water partition coefficient (Wildman–Crippen LogP) is 4.80. The second-order valence-corrected chi connectivity index (χ2v) is 7.32. The molecule has 0 atom stereocenters. The third-order valence-electron chi connectivity index (χ3n) is 3.30. The van der Waals surface area contributed by atoms with E-state index in [2.05, 4.69) is 35.5 Å². The maximum atomic E-state index is 12.0. The Morgan fingerprint density at radius 1 is 1.27 bits per heavy atom. The number of benzene rings is 1. The molecule has 0 unspecified atom stereocenters. The summed E-state index contributed by atoms with van der Waals surface area (Å²) in [5.41, 5.74) is 2.19. The van der Waals surface area contributed by atoms with Gasteiger partial charge in [0.2, 0.25) is 0 Å². The Bertz CT molecular complexity index is 778. The number of thiazole rings is 1. The van der Waals surface area contributed by atoms with Crippen LogP contribution in [-0.2, 0) is 6.54 Å². The number of hydrogen-bond acceptors (Lipinski definition) is 4. The van der Waals surface area contributed by atoms with Gasteiger partial charge in [0.25, 0.3) is 0 Å². The number of carbonyl (C=O) groups excluding carboxylic acids is 1. The van der Waals surface area contributed by atoms with Crippen molar-refractivity contribution in [2.75, 3.05) is 5.32 Å². The molecule has 2 N–H and O–H groups in total. The molecule has 3 aromatic rings. The molecule has 1 aromatic carbocycles. The van der Waals surface area contributed by atoms with Crippen LogP contribution in [0.15, 0.2) is 35.7 Å². The number of nitrogens with one attached hydrogen (secondary N) is 2. The third kappa shape index (κ3) is 3.28. The van der Waals surface area contributed by atoms with Crippen molar-refractivity contribution < 1.29 is 4.79 Å². The third-order valence-corrected chi connectivity index (χ3v) is 5.11. The topological polar surface area (TPSA) is 54.0 Å². The van der Waals surface area contributed by atoms with Crippen LogP contribution >= 0.6 is 22.7 Å². The summed E-state index contributed by atoms with van der Waals surface area (Å²) in [6, 6.07) is 9.91. The van der Waals surface area contributed by atoms with Gasteiger partial charge in [-0.3, -0.25) is 5.32 Å². The minimum absolute atomic E-state index is 0.224. The number of urea groups is 1. The largest absolute Gasteiger partial charge is 0.333 e. The fraction of sp³-hybridized carbons (Fsp3) is 0.250. The number of nitrogens with zero attached hydrogens (tertiary/aromatic N) is 1. The number of anilines is 1. The Morgan fingerprint density at radius 3 is 2.86 bits per heavy atom. The van der Waals surface area contributed by atoms with Crippen molar-refractivity contribution in [1.29, 1.82) is 0 Å². The van der Waals surface area contributed by atoms with Gasteiger partial charge in [0.05, 0.1) is 16.8 Å². The molecule has 0 bridgehead atoms. The van der Waals surface area contributed by atoms with Gasteiger partial charge in [-0.1, -0.05) is 43.4 Å². The van der Waals surface area contributed by atoms with Crippen LogP contribution < -0.4 is 10.6 Å². The molecule has 0 fully saturated rings. The van der Waals surface area contributed by atoms with Gasteiger partial charge < -0.3 is 5.32 Å². The van der Waals surface area contributed by atoms with Crippen LogP contribution in [-0.4, -0.2) is 11.0 Å². The number of para-hydroxylation sites is 1. The smallest absolute Gasteiger partial charge is 0.321 e. The summed E-state index contributed by atoms with van der Waals surface area (Å²) in [5.74, 6) is 0.409. The van der Waals surface area contributed by atoms with Crippen LogP contribution in [0.2, 0.25) is 0 Å². The number of rotatable bonds is 4. The van der Waals surface area contributed by atoms with Gasteiger partial charge in [0.15, 0.2) is 5.13 Å². The minimum atomic E-state index is -0.224. The molecule has 6 heteroatoms. The monoisotopic (exact) mass is 331 g/mol. The lowest BCUT2D eigenvalue weighted by molar-refractivity contribution is 0.252. The molecule has 2 aromatic heterocycles. The van der Waals surface area contributed by atoms with Crippen LogP contribution in [0.5, 0.6) is 0 Å². The quantitative estimate of drug-likeness (QED) is 0.721. The maximum Gasteiger partial charge on any atom is 0.321 e. The number of aromatic nitrogens is 1. The fourth-order valence-corrected chi connectivity index (χ4v) is 3.75. The molecule has 0 saturated heterocycles. The molecule has 22 heavy (non-hydrogen) atoms. The number of thiophene rings is 1. The molecule has 2 heterocycles. The second kappa shape index (κ2) is 6.46. The molecule has 0 radical (unpaired) electrons. The fourth-order valence-electron chi connectivity index (χ4n) is 2.21. The first-order valence-corrected chi connectivity index (χ1v) is 8.80. The zero-order valence-electron chi connectivity index (χ0n) is 12.4. The van der Waals surface area contributed by atoms with Gasteiger partial charge in [-0.15, -0.1) is 11.3 Å². The average Bonchev–Trinajstić information content (AvgIpc) is 3.13. The van der Waals surface area contributed by atoms with Crippen molar-refractivity contribution in [2.24, 2.45) is 0 Å². The zero-order chi connectivity index (χ0) is 15.5. The SMILES string of the molecule is CC(C)c1cccc2sc(NC(=O)NCc3cccs3)nc12.